The summed E-state index contributed by atoms with van der Waals surface area (Å²) < 4.78 is 52.7. The first-order chi connectivity index (χ1) is 12.3. The molecule has 2 rings (SSSR count). The third kappa shape index (κ3) is 2.45. The van der Waals surface area contributed by atoms with Crippen LogP contribution >= 0.6 is 0 Å². The van der Waals surface area contributed by atoms with Gasteiger partial charge in [-0.2, -0.15) is 0 Å². The molecule has 6 heteroatoms. The van der Waals surface area contributed by atoms with Crippen molar-refractivity contribution in [1.82, 2.24) is 14.1 Å². The summed E-state index contributed by atoms with van der Waals surface area (Å²) in [4.78, 5) is 39.1. The number of H-pyrrole nitrogens is 1. The van der Waals surface area contributed by atoms with Gasteiger partial charge in [-0.05, 0) is 32.2 Å². The number of aryl methyl sites for hydroxylation is 2. The van der Waals surface area contributed by atoms with E-state index in [1.54, 1.807) is 0 Å². The highest BCUT2D eigenvalue weighted by Gasteiger charge is 2.13. The standard InChI is InChI=1S/C14H19N3O3/c1-9-8-15-12-11(9)13(19)17(14(20)16(12)3)7-5-4-6-10(2)18/h8,15H,4-7H2,1-3H3/i2D3,3D3,8D. The molecule has 0 atom stereocenters. The van der Waals surface area contributed by atoms with Crippen LogP contribution in [0.4, 0.5) is 0 Å². The van der Waals surface area contributed by atoms with Crippen LogP contribution in [0.2, 0.25) is 0 Å². The molecule has 0 aliphatic heterocycles. The highest BCUT2D eigenvalue weighted by Crippen LogP contribution is 2.10. The Kier molecular flexibility index (Phi) is 2.09. The summed E-state index contributed by atoms with van der Waals surface area (Å²) in [5.41, 5.74) is -1.80. The predicted octanol–water partition coefficient (Wildman–Crippen LogP) is 1.10. The normalized spacial score (nSPS) is 17.6. The number of carbonyl (C=O) groups excluding carboxylic acids is 1. The van der Waals surface area contributed by atoms with Gasteiger partial charge in [0.25, 0.3) is 5.56 Å². The first-order valence-electron chi connectivity index (χ1n) is 9.65. The van der Waals surface area contributed by atoms with Crippen LogP contribution in [0.5, 0.6) is 0 Å². The summed E-state index contributed by atoms with van der Waals surface area (Å²) in [7, 11) is 0. The van der Waals surface area contributed by atoms with Crippen molar-refractivity contribution in [3.05, 3.63) is 32.6 Å². The number of aromatic amines is 1. The monoisotopic (exact) mass is 284 g/mol. The molecule has 2 aromatic rings. The first kappa shape index (κ1) is 7.61. The molecule has 2 aromatic heterocycles. The second-order valence-electron chi connectivity index (χ2n) is 4.55. The van der Waals surface area contributed by atoms with E-state index in [-0.39, 0.29) is 48.6 Å². The van der Waals surface area contributed by atoms with E-state index in [1.807, 2.05) is 0 Å². The zero-order valence-corrected chi connectivity index (χ0v) is 10.9. The molecule has 108 valence electrons. The molecule has 0 fully saturated rings. The van der Waals surface area contributed by atoms with Crippen LogP contribution in [0.15, 0.2) is 15.8 Å². The smallest absolute Gasteiger partial charge is 0.332 e. The minimum atomic E-state index is -2.87. The second-order valence-corrected chi connectivity index (χ2v) is 4.55. The van der Waals surface area contributed by atoms with Gasteiger partial charge in [0.1, 0.15) is 11.4 Å². The number of ketones is 1. The van der Waals surface area contributed by atoms with Gasteiger partial charge < -0.3 is 9.78 Å². The van der Waals surface area contributed by atoms with Gasteiger partial charge >= 0.3 is 5.69 Å². The van der Waals surface area contributed by atoms with Gasteiger partial charge in [0, 0.05) is 34.3 Å². The fourth-order valence-corrected chi connectivity index (χ4v) is 2.08. The molecule has 0 aliphatic carbocycles. The van der Waals surface area contributed by atoms with Crippen molar-refractivity contribution < 1.29 is 14.4 Å². The van der Waals surface area contributed by atoms with Gasteiger partial charge in [-0.15, -0.1) is 0 Å². The largest absolute Gasteiger partial charge is 0.347 e. The van der Waals surface area contributed by atoms with E-state index in [4.69, 9.17) is 9.60 Å². The molecular formula is C14H19N3O3. The van der Waals surface area contributed by atoms with Crippen LogP contribution in [0.25, 0.3) is 11.0 Å². The summed E-state index contributed by atoms with van der Waals surface area (Å²) in [6, 6.07) is 0. The molecule has 20 heavy (non-hydrogen) atoms. The van der Waals surface area contributed by atoms with Crippen molar-refractivity contribution in [3.8, 4) is 0 Å². The third-order valence-corrected chi connectivity index (χ3v) is 3.12. The van der Waals surface area contributed by atoms with Gasteiger partial charge in [0.15, 0.2) is 0 Å². The van der Waals surface area contributed by atoms with Crippen LogP contribution in [0.1, 0.15) is 41.3 Å². The Bertz CT molecular complexity index is 995. The maximum absolute atomic E-state index is 12.7. The average Bonchev–Trinajstić information content (AvgIpc) is 2.78. The number of unbranched alkanes of at least 4 members (excludes halogenated alkanes) is 1. The van der Waals surface area contributed by atoms with Crippen molar-refractivity contribution >= 4 is 16.8 Å². The van der Waals surface area contributed by atoms with E-state index < -0.39 is 30.9 Å². The minimum absolute atomic E-state index is 0.0608. The zero-order valence-electron chi connectivity index (χ0n) is 17.9. The summed E-state index contributed by atoms with van der Waals surface area (Å²) >= 11 is 0. The molecule has 2 heterocycles. The Morgan fingerprint density at radius 1 is 1.45 bits per heavy atom. The third-order valence-electron chi connectivity index (χ3n) is 3.12. The SMILES string of the molecule is [2H]c1[nH]c2c(c1C)c(=O)n(CCCCC(=O)C([2H])([2H])[2H])c(=O)n2C([2H])([2H])[2H]. The van der Waals surface area contributed by atoms with Gasteiger partial charge in [-0.1, -0.05) is 0 Å². The molecule has 0 saturated heterocycles. The van der Waals surface area contributed by atoms with E-state index in [0.29, 0.717) is 4.57 Å². The van der Waals surface area contributed by atoms with Gasteiger partial charge in [0.2, 0.25) is 0 Å². The van der Waals surface area contributed by atoms with Gasteiger partial charge in [-0.3, -0.25) is 13.9 Å². The average molecular weight is 284 g/mol. The number of fused-ring (bicyclic) bond motifs is 1. The van der Waals surface area contributed by atoms with Gasteiger partial charge in [-0.25, -0.2) is 4.79 Å². The lowest BCUT2D eigenvalue weighted by molar-refractivity contribution is -0.117. The molecule has 0 saturated carbocycles. The quantitative estimate of drug-likeness (QED) is 0.835. The van der Waals surface area contributed by atoms with Crippen LogP contribution in [-0.2, 0) is 18.3 Å². The Morgan fingerprint density at radius 3 is 2.95 bits per heavy atom. The number of rotatable bonds is 5. The fourth-order valence-electron chi connectivity index (χ4n) is 2.08. The van der Waals surface area contributed by atoms with Crippen LogP contribution in [0, 0.1) is 6.92 Å². The Balaban J connectivity index is 2.43. The Labute approximate surface area is 125 Å². The lowest BCUT2D eigenvalue weighted by Gasteiger charge is -2.08. The second kappa shape index (κ2) is 5.48. The van der Waals surface area contributed by atoms with E-state index in [1.165, 1.54) is 6.92 Å². The number of hydrogen-bond donors (Lipinski definition) is 1. The van der Waals surface area contributed by atoms with Crippen molar-refractivity contribution in [2.24, 2.45) is 6.98 Å². The van der Waals surface area contributed by atoms with Crippen molar-refractivity contribution in [2.75, 3.05) is 0 Å². The topological polar surface area (TPSA) is 76.9 Å². The van der Waals surface area contributed by atoms with E-state index >= 15 is 0 Å². The molecule has 1 N–H and O–H groups in total. The number of nitrogens with zero attached hydrogens (tertiary/aromatic N) is 2. The molecular weight excluding hydrogens is 258 g/mol. The number of Topliss-reactive ketones (excluding diaryl/α,β-unsaturated/α-hetero) is 1. The fraction of sp³-hybridized carbons (Fsp3) is 0.500. The van der Waals surface area contributed by atoms with Crippen LogP contribution < -0.4 is 11.2 Å². The predicted molar refractivity (Wildman–Crippen MR) is 77.1 cm³/mol. The van der Waals surface area contributed by atoms with Crippen molar-refractivity contribution in [3.63, 3.8) is 0 Å². The molecule has 0 spiro atoms. The molecule has 0 radical (unpaired) electrons. The highest BCUT2D eigenvalue weighted by atomic mass is 16.2. The van der Waals surface area contributed by atoms with Gasteiger partial charge in [0.05, 0.1) is 6.76 Å². The van der Waals surface area contributed by atoms with Crippen molar-refractivity contribution in [1.29, 1.82) is 0 Å². The lowest BCUT2D eigenvalue weighted by atomic mass is 10.2. The maximum atomic E-state index is 12.7. The van der Waals surface area contributed by atoms with Crippen molar-refractivity contribution in [2.45, 2.75) is 39.6 Å². The van der Waals surface area contributed by atoms with Crippen LogP contribution in [0.3, 0.4) is 0 Å². The Morgan fingerprint density at radius 2 is 2.25 bits per heavy atom. The zero-order chi connectivity index (χ0) is 20.7. The lowest BCUT2D eigenvalue weighted by Crippen LogP contribution is -2.39. The summed E-state index contributed by atoms with van der Waals surface area (Å²) in [6.07, 6.45) is -0.132. The molecule has 0 aliphatic rings. The minimum Gasteiger partial charge on any atom is -0.347 e. The number of carbonyl (C=O) groups is 1. The molecule has 0 bridgehead atoms. The maximum Gasteiger partial charge on any atom is 0.332 e. The molecule has 6 nitrogen and oxygen atoms in total. The summed E-state index contributed by atoms with van der Waals surface area (Å²) in [6.45, 7) is -4.27. The summed E-state index contributed by atoms with van der Waals surface area (Å²) in [5.74, 6) is -0.912. The number of hydrogen-bond acceptors (Lipinski definition) is 3. The number of nitrogens with one attached hydrogen (secondary N) is 1. The Hall–Kier alpha value is -2.11. The molecule has 0 amide bonds. The van der Waals surface area contributed by atoms with Crippen LogP contribution in [-0.4, -0.2) is 19.9 Å². The molecule has 0 aromatic carbocycles. The number of aromatic nitrogens is 3. The highest BCUT2D eigenvalue weighted by molar-refractivity contribution is 5.78. The van der Waals surface area contributed by atoms with E-state index in [0.717, 1.165) is 4.57 Å². The first-order valence-corrected chi connectivity index (χ1v) is 6.15. The van der Waals surface area contributed by atoms with E-state index in [2.05, 4.69) is 4.98 Å². The molecule has 0 unspecified atom stereocenters. The summed E-state index contributed by atoms with van der Waals surface area (Å²) in [5, 5.41) is -0.0608. The van der Waals surface area contributed by atoms with E-state index in [9.17, 15) is 14.4 Å².